The fourth-order valence-electron chi connectivity index (χ4n) is 4.99. The maximum atomic E-state index is 12.0. The van der Waals surface area contributed by atoms with Gasteiger partial charge in [0, 0.05) is 12.0 Å². The lowest BCUT2D eigenvalue weighted by Crippen LogP contribution is -2.35. The summed E-state index contributed by atoms with van der Waals surface area (Å²) in [5.41, 5.74) is 2.22. The van der Waals surface area contributed by atoms with E-state index in [1.807, 2.05) is 0 Å². The molecule has 1 aromatic rings. The van der Waals surface area contributed by atoms with Crippen LogP contribution in [0.4, 0.5) is 0 Å². The van der Waals surface area contributed by atoms with Crippen molar-refractivity contribution in [3.63, 3.8) is 0 Å². The second-order valence-corrected chi connectivity index (χ2v) is 8.93. The number of allylic oxidation sites excluding steroid dienone is 2. The quantitative estimate of drug-likeness (QED) is 0.459. The van der Waals surface area contributed by atoms with Gasteiger partial charge < -0.3 is 24.1 Å². The summed E-state index contributed by atoms with van der Waals surface area (Å²) in [6.45, 7) is 7.95. The summed E-state index contributed by atoms with van der Waals surface area (Å²) < 4.78 is 22.2. The molecule has 2 atom stereocenters. The molecule has 1 heterocycles. The van der Waals surface area contributed by atoms with Crippen molar-refractivity contribution < 1.29 is 28.8 Å². The van der Waals surface area contributed by atoms with E-state index in [4.69, 9.17) is 18.9 Å². The minimum Gasteiger partial charge on any atom is -0.508 e. The minimum atomic E-state index is -0.501. The molecule has 6 nitrogen and oxygen atoms in total. The van der Waals surface area contributed by atoms with Crippen LogP contribution in [0.2, 0.25) is 0 Å². The van der Waals surface area contributed by atoms with E-state index in [2.05, 4.69) is 26.8 Å². The monoisotopic (exact) mass is 432 g/mol. The lowest BCUT2D eigenvalue weighted by Gasteiger charge is -2.43. The molecule has 0 aromatic heterocycles. The lowest BCUT2D eigenvalue weighted by atomic mass is 9.63. The van der Waals surface area contributed by atoms with Crippen LogP contribution in [-0.4, -0.2) is 44.3 Å². The standard InChI is InChI=1S/C25H36O6/c1-6-25(30-12-13-31-25)11-10-19-9-7-8-17(2)24(19,3)16-20-21(26)14-18(23(27)29-5)15-22(20)28-4/h9,14-15,17,26H,6-8,10-13,16H2,1-5H3/t17-,24+/m0/s1. The number of methoxy groups -OCH3 is 2. The number of carbonyl (C=O) groups excluding carboxylic acids is 1. The van der Waals surface area contributed by atoms with E-state index in [0.717, 1.165) is 37.7 Å². The Bertz CT molecular complexity index is 824. The van der Waals surface area contributed by atoms with Crippen molar-refractivity contribution in [2.75, 3.05) is 27.4 Å². The van der Waals surface area contributed by atoms with E-state index in [0.29, 0.717) is 31.3 Å². The van der Waals surface area contributed by atoms with Crippen LogP contribution < -0.4 is 4.74 Å². The van der Waals surface area contributed by atoms with Crippen LogP contribution in [0, 0.1) is 11.3 Å². The lowest BCUT2D eigenvalue weighted by molar-refractivity contribution is -0.163. The first-order chi connectivity index (χ1) is 14.8. The molecule has 0 amide bonds. The summed E-state index contributed by atoms with van der Waals surface area (Å²) in [6, 6.07) is 3.11. The first-order valence-corrected chi connectivity index (χ1v) is 11.2. The highest BCUT2D eigenvalue weighted by Crippen LogP contribution is 2.49. The molecule has 2 aliphatic rings. The van der Waals surface area contributed by atoms with Gasteiger partial charge in [0.1, 0.15) is 11.5 Å². The number of rotatable bonds is 8. The molecule has 1 fully saturated rings. The Labute approximate surface area is 185 Å². The van der Waals surface area contributed by atoms with Crippen molar-refractivity contribution in [1.82, 2.24) is 0 Å². The number of hydrogen-bond acceptors (Lipinski definition) is 6. The maximum Gasteiger partial charge on any atom is 0.338 e. The third-order valence-corrected chi connectivity index (χ3v) is 7.31. The fourth-order valence-corrected chi connectivity index (χ4v) is 4.99. The van der Waals surface area contributed by atoms with Gasteiger partial charge in [-0.1, -0.05) is 32.4 Å². The van der Waals surface area contributed by atoms with Gasteiger partial charge in [-0.15, -0.1) is 0 Å². The SMILES string of the molecule is CCC1(CCC2=CCC[C@H](C)[C@@]2(C)Cc2c(O)cc(C(=O)OC)cc2OC)OCCO1. The van der Waals surface area contributed by atoms with Gasteiger partial charge in [-0.25, -0.2) is 4.79 Å². The van der Waals surface area contributed by atoms with Gasteiger partial charge >= 0.3 is 5.97 Å². The molecule has 1 N–H and O–H groups in total. The van der Waals surface area contributed by atoms with Crippen LogP contribution >= 0.6 is 0 Å². The summed E-state index contributed by atoms with van der Waals surface area (Å²) in [5.74, 6) is 0.0147. The zero-order valence-electron chi connectivity index (χ0n) is 19.5. The number of phenols is 1. The molecule has 6 heteroatoms. The Balaban J connectivity index is 1.89. The highest BCUT2D eigenvalue weighted by atomic mass is 16.7. The Morgan fingerprint density at radius 3 is 2.58 bits per heavy atom. The molecule has 1 aromatic carbocycles. The van der Waals surface area contributed by atoms with Gasteiger partial charge in [0.25, 0.3) is 0 Å². The molecule has 172 valence electrons. The Hall–Kier alpha value is -2.05. The average Bonchev–Trinajstić information content (AvgIpc) is 3.25. The van der Waals surface area contributed by atoms with Crippen molar-refractivity contribution >= 4 is 5.97 Å². The predicted octanol–water partition coefficient (Wildman–Crippen LogP) is 5.03. The molecule has 1 aliphatic heterocycles. The smallest absolute Gasteiger partial charge is 0.338 e. The minimum absolute atomic E-state index is 0.0607. The fraction of sp³-hybridized carbons (Fsp3) is 0.640. The molecule has 0 unspecified atom stereocenters. The summed E-state index contributed by atoms with van der Waals surface area (Å²) in [6.07, 6.45) is 7.66. The van der Waals surface area contributed by atoms with Gasteiger partial charge in [-0.2, -0.15) is 0 Å². The largest absolute Gasteiger partial charge is 0.508 e. The molecule has 0 bridgehead atoms. The van der Waals surface area contributed by atoms with Crippen molar-refractivity contribution in [2.45, 2.75) is 65.1 Å². The van der Waals surface area contributed by atoms with Crippen molar-refractivity contribution in [3.05, 3.63) is 34.9 Å². The van der Waals surface area contributed by atoms with Gasteiger partial charge in [-0.05, 0) is 55.6 Å². The summed E-state index contributed by atoms with van der Waals surface area (Å²) in [7, 11) is 2.88. The second kappa shape index (κ2) is 9.61. The maximum absolute atomic E-state index is 12.0. The molecule has 31 heavy (non-hydrogen) atoms. The number of aromatic hydroxyl groups is 1. The predicted molar refractivity (Wildman–Crippen MR) is 118 cm³/mol. The molecule has 0 radical (unpaired) electrons. The number of esters is 1. The third kappa shape index (κ3) is 4.75. The zero-order chi connectivity index (χ0) is 22.6. The topological polar surface area (TPSA) is 74.2 Å². The van der Waals surface area contributed by atoms with Crippen LogP contribution in [0.3, 0.4) is 0 Å². The van der Waals surface area contributed by atoms with Crippen LogP contribution in [0.15, 0.2) is 23.8 Å². The van der Waals surface area contributed by atoms with Crippen LogP contribution in [0.5, 0.6) is 11.5 Å². The van der Waals surface area contributed by atoms with Gasteiger partial charge in [0.2, 0.25) is 0 Å². The Morgan fingerprint density at radius 2 is 1.97 bits per heavy atom. The highest BCUT2D eigenvalue weighted by Gasteiger charge is 2.41. The molecular formula is C25H36O6. The van der Waals surface area contributed by atoms with E-state index in [1.54, 1.807) is 13.2 Å². The van der Waals surface area contributed by atoms with Gasteiger partial charge in [-0.3, -0.25) is 0 Å². The molecule has 1 saturated heterocycles. The van der Waals surface area contributed by atoms with Crippen molar-refractivity contribution in [2.24, 2.45) is 11.3 Å². The van der Waals surface area contributed by atoms with E-state index >= 15 is 0 Å². The van der Waals surface area contributed by atoms with E-state index in [1.165, 1.54) is 18.7 Å². The van der Waals surface area contributed by atoms with Crippen LogP contribution in [-0.2, 0) is 20.6 Å². The Morgan fingerprint density at radius 1 is 1.26 bits per heavy atom. The van der Waals surface area contributed by atoms with E-state index < -0.39 is 11.8 Å². The number of hydrogen-bond donors (Lipinski definition) is 1. The van der Waals surface area contributed by atoms with Gasteiger partial charge in [0.15, 0.2) is 5.79 Å². The zero-order valence-corrected chi connectivity index (χ0v) is 19.5. The van der Waals surface area contributed by atoms with Crippen molar-refractivity contribution in [1.29, 1.82) is 0 Å². The molecule has 0 saturated carbocycles. The number of benzene rings is 1. The molecule has 0 spiro atoms. The number of ether oxygens (including phenoxy) is 4. The van der Waals surface area contributed by atoms with Crippen LogP contribution in [0.25, 0.3) is 0 Å². The highest BCUT2D eigenvalue weighted by molar-refractivity contribution is 5.90. The summed E-state index contributed by atoms with van der Waals surface area (Å²) in [5, 5.41) is 10.8. The number of phenolic OH excluding ortho intramolecular Hbond substituents is 1. The van der Waals surface area contributed by atoms with E-state index in [-0.39, 0.29) is 16.7 Å². The first kappa shape index (κ1) is 23.6. The first-order valence-electron chi connectivity index (χ1n) is 11.2. The molecular weight excluding hydrogens is 396 g/mol. The molecule has 3 rings (SSSR count). The van der Waals surface area contributed by atoms with Crippen LogP contribution in [0.1, 0.15) is 68.8 Å². The summed E-state index contributed by atoms with van der Waals surface area (Å²) in [4.78, 5) is 12.0. The van der Waals surface area contributed by atoms with Gasteiger partial charge in [0.05, 0.1) is 33.0 Å². The second-order valence-electron chi connectivity index (χ2n) is 8.93. The number of carbonyl (C=O) groups is 1. The molecule has 1 aliphatic carbocycles. The average molecular weight is 433 g/mol. The third-order valence-electron chi connectivity index (χ3n) is 7.31. The summed E-state index contributed by atoms with van der Waals surface area (Å²) >= 11 is 0. The Kier molecular flexibility index (Phi) is 7.32. The van der Waals surface area contributed by atoms with E-state index in [9.17, 15) is 9.90 Å². The normalized spacial score (nSPS) is 25.2. The van der Waals surface area contributed by atoms with Crippen molar-refractivity contribution in [3.8, 4) is 11.5 Å².